The van der Waals surface area contributed by atoms with Crippen LogP contribution in [0.25, 0.3) is 0 Å². The van der Waals surface area contributed by atoms with Crippen molar-refractivity contribution in [2.45, 2.75) is 43.5 Å². The second-order valence-electron chi connectivity index (χ2n) is 5.40. The van der Waals surface area contributed by atoms with Crippen molar-refractivity contribution in [2.24, 2.45) is 5.92 Å². The maximum Gasteiger partial charge on any atom is 0.336 e. The lowest BCUT2D eigenvalue weighted by molar-refractivity contribution is 0.0695. The molecule has 5 nitrogen and oxygen atoms in total. The van der Waals surface area contributed by atoms with E-state index >= 15 is 0 Å². The average Bonchev–Trinajstić information content (AvgIpc) is 2.92. The third-order valence-corrected chi connectivity index (χ3v) is 6.42. The number of carbonyl (C=O) groups is 1. The predicted molar refractivity (Wildman–Crippen MR) is 87.9 cm³/mol. The van der Waals surface area contributed by atoms with Crippen LogP contribution in [0.3, 0.4) is 0 Å². The van der Waals surface area contributed by atoms with Gasteiger partial charge < -0.3 is 5.11 Å². The van der Waals surface area contributed by atoms with E-state index in [0.29, 0.717) is 9.49 Å². The first-order valence-corrected chi connectivity index (χ1v) is 9.42. The minimum absolute atomic E-state index is 0.00478. The summed E-state index contributed by atoms with van der Waals surface area (Å²) in [5.74, 6) is -0.761. The molecule has 116 valence electrons. The van der Waals surface area contributed by atoms with E-state index in [4.69, 9.17) is 5.11 Å². The first kappa shape index (κ1) is 16.7. The fourth-order valence-electron chi connectivity index (χ4n) is 2.70. The minimum Gasteiger partial charge on any atom is -0.478 e. The molecule has 1 atom stereocenters. The molecule has 1 aliphatic carbocycles. The summed E-state index contributed by atoms with van der Waals surface area (Å²) in [4.78, 5) is 11.1. The van der Waals surface area contributed by atoms with Gasteiger partial charge in [-0.25, -0.2) is 17.9 Å². The topological polar surface area (TPSA) is 83.5 Å². The summed E-state index contributed by atoms with van der Waals surface area (Å²) >= 11 is 1.88. The van der Waals surface area contributed by atoms with Crippen LogP contribution in [0.4, 0.5) is 0 Å². The maximum absolute atomic E-state index is 12.4. The minimum atomic E-state index is -3.69. The van der Waals surface area contributed by atoms with Gasteiger partial charge in [-0.1, -0.05) is 12.8 Å². The van der Waals surface area contributed by atoms with Crippen LogP contribution in [0.1, 0.15) is 43.0 Å². The van der Waals surface area contributed by atoms with Gasteiger partial charge in [0.2, 0.25) is 10.0 Å². The van der Waals surface area contributed by atoms with Gasteiger partial charge in [-0.15, -0.1) is 0 Å². The first-order valence-electron chi connectivity index (χ1n) is 6.86. The Labute approximate surface area is 138 Å². The largest absolute Gasteiger partial charge is 0.478 e. The average molecular weight is 423 g/mol. The lowest BCUT2D eigenvalue weighted by atomic mass is 10.0. The van der Waals surface area contributed by atoms with Gasteiger partial charge in [-0.2, -0.15) is 0 Å². The molecule has 0 aromatic heterocycles. The van der Waals surface area contributed by atoms with Crippen LogP contribution in [-0.4, -0.2) is 25.5 Å². The molecule has 0 aliphatic heterocycles. The van der Waals surface area contributed by atoms with Crippen molar-refractivity contribution in [3.8, 4) is 0 Å². The predicted octanol–water partition coefficient (Wildman–Crippen LogP) is 2.85. The molecule has 0 amide bonds. The molecule has 21 heavy (non-hydrogen) atoms. The molecule has 0 spiro atoms. The summed E-state index contributed by atoms with van der Waals surface area (Å²) in [7, 11) is -3.69. The summed E-state index contributed by atoms with van der Waals surface area (Å²) in [6.07, 6.45) is 4.36. The zero-order valence-corrected chi connectivity index (χ0v) is 14.6. The Morgan fingerprint density at radius 1 is 1.38 bits per heavy atom. The Morgan fingerprint density at radius 2 is 2.00 bits per heavy atom. The molecule has 1 aromatic carbocycles. The number of carboxylic acids is 1. The van der Waals surface area contributed by atoms with E-state index in [0.717, 1.165) is 25.7 Å². The van der Waals surface area contributed by atoms with E-state index in [-0.39, 0.29) is 16.5 Å². The number of rotatable bonds is 5. The van der Waals surface area contributed by atoms with Gasteiger partial charge in [-0.3, -0.25) is 0 Å². The van der Waals surface area contributed by atoms with Crippen molar-refractivity contribution in [3.63, 3.8) is 0 Å². The van der Waals surface area contributed by atoms with Crippen molar-refractivity contribution in [2.75, 3.05) is 0 Å². The Balaban J connectivity index is 2.23. The van der Waals surface area contributed by atoms with Crippen LogP contribution in [0.2, 0.25) is 0 Å². The Kier molecular flexibility index (Phi) is 5.26. The van der Waals surface area contributed by atoms with Crippen LogP contribution in [0.5, 0.6) is 0 Å². The smallest absolute Gasteiger partial charge is 0.336 e. The highest BCUT2D eigenvalue weighted by molar-refractivity contribution is 14.1. The standard InChI is InChI=1S/C14H18INO4S/c1-9(10-4-2-3-5-10)16-21(19,20)11-6-7-13(15)12(8-11)14(17)18/h6-10,16H,2-5H2,1H3,(H,17,18)/t9-/m1/s1. The van der Waals surface area contributed by atoms with Crippen molar-refractivity contribution >= 4 is 38.6 Å². The van der Waals surface area contributed by atoms with Gasteiger partial charge >= 0.3 is 5.97 Å². The Bertz CT molecular complexity index is 638. The molecule has 2 rings (SSSR count). The second kappa shape index (κ2) is 6.62. The Morgan fingerprint density at radius 3 is 2.57 bits per heavy atom. The number of carboxylic acid groups (broad SMARTS) is 1. The molecule has 0 radical (unpaired) electrons. The van der Waals surface area contributed by atoms with E-state index in [1.54, 1.807) is 0 Å². The Hall–Kier alpha value is -0.670. The van der Waals surface area contributed by atoms with Gasteiger partial charge in [0.15, 0.2) is 0 Å². The number of sulfonamides is 1. The molecular formula is C14H18INO4S. The molecule has 2 N–H and O–H groups in total. The SMILES string of the molecule is C[C@@H](NS(=O)(=O)c1ccc(I)c(C(=O)O)c1)C1CCCC1. The summed E-state index contributed by atoms with van der Waals surface area (Å²) in [6.45, 7) is 1.87. The van der Waals surface area contributed by atoms with E-state index in [9.17, 15) is 13.2 Å². The van der Waals surface area contributed by atoms with Gasteiger partial charge in [0, 0.05) is 9.61 Å². The van der Waals surface area contributed by atoms with Gasteiger partial charge in [0.25, 0.3) is 0 Å². The highest BCUT2D eigenvalue weighted by Crippen LogP contribution is 2.28. The number of hydrogen-bond acceptors (Lipinski definition) is 3. The molecule has 7 heteroatoms. The summed E-state index contributed by atoms with van der Waals surface area (Å²) in [5.41, 5.74) is 0.00648. The van der Waals surface area contributed by atoms with E-state index in [1.165, 1.54) is 18.2 Å². The number of benzene rings is 1. The van der Waals surface area contributed by atoms with E-state index in [2.05, 4.69) is 4.72 Å². The fourth-order valence-corrected chi connectivity index (χ4v) is 4.61. The molecule has 1 fully saturated rings. The van der Waals surface area contributed by atoms with Gasteiger partial charge in [0.1, 0.15) is 0 Å². The summed E-state index contributed by atoms with van der Waals surface area (Å²) in [5, 5.41) is 9.09. The van der Waals surface area contributed by atoms with Gasteiger partial charge in [0.05, 0.1) is 10.5 Å². The van der Waals surface area contributed by atoms with Crippen LogP contribution < -0.4 is 4.72 Å². The summed E-state index contributed by atoms with van der Waals surface area (Å²) < 4.78 is 28.0. The van der Waals surface area contributed by atoms with E-state index < -0.39 is 16.0 Å². The lowest BCUT2D eigenvalue weighted by Gasteiger charge is -2.20. The normalized spacial score (nSPS) is 17.8. The zero-order chi connectivity index (χ0) is 15.6. The number of aromatic carboxylic acids is 1. The van der Waals surface area contributed by atoms with Crippen LogP contribution in [-0.2, 0) is 10.0 Å². The second-order valence-corrected chi connectivity index (χ2v) is 8.28. The van der Waals surface area contributed by atoms with Crippen LogP contribution >= 0.6 is 22.6 Å². The van der Waals surface area contributed by atoms with Crippen molar-refractivity contribution in [1.29, 1.82) is 0 Å². The van der Waals surface area contributed by atoms with Crippen molar-refractivity contribution in [3.05, 3.63) is 27.3 Å². The monoisotopic (exact) mass is 423 g/mol. The van der Waals surface area contributed by atoms with Crippen molar-refractivity contribution in [1.82, 2.24) is 4.72 Å². The van der Waals surface area contributed by atoms with Crippen LogP contribution in [0, 0.1) is 9.49 Å². The zero-order valence-electron chi connectivity index (χ0n) is 11.7. The molecule has 0 saturated heterocycles. The molecule has 0 heterocycles. The molecule has 1 saturated carbocycles. The number of hydrogen-bond donors (Lipinski definition) is 2. The highest BCUT2D eigenvalue weighted by Gasteiger charge is 2.26. The highest BCUT2D eigenvalue weighted by atomic mass is 127. The molecule has 0 bridgehead atoms. The molecule has 0 unspecified atom stereocenters. The third kappa shape index (κ3) is 3.95. The van der Waals surface area contributed by atoms with Gasteiger partial charge in [-0.05, 0) is 66.5 Å². The maximum atomic E-state index is 12.4. The molecule has 1 aromatic rings. The lowest BCUT2D eigenvalue weighted by Crippen LogP contribution is -2.37. The van der Waals surface area contributed by atoms with E-state index in [1.807, 2.05) is 29.5 Å². The quantitative estimate of drug-likeness (QED) is 0.714. The fraction of sp³-hybridized carbons (Fsp3) is 0.500. The number of nitrogens with one attached hydrogen (secondary N) is 1. The summed E-state index contributed by atoms with van der Waals surface area (Å²) in [6, 6.07) is 4.04. The first-order chi connectivity index (χ1) is 9.81. The third-order valence-electron chi connectivity index (χ3n) is 3.93. The van der Waals surface area contributed by atoms with Crippen molar-refractivity contribution < 1.29 is 18.3 Å². The molecule has 1 aliphatic rings. The number of halogens is 1. The molecular weight excluding hydrogens is 405 g/mol. The van der Waals surface area contributed by atoms with Crippen LogP contribution in [0.15, 0.2) is 23.1 Å².